The Morgan fingerprint density at radius 1 is 1.20 bits per heavy atom. The summed E-state index contributed by atoms with van der Waals surface area (Å²) in [5.41, 5.74) is 1.23. The highest BCUT2D eigenvalue weighted by Crippen LogP contribution is 2.30. The first-order valence-corrected chi connectivity index (χ1v) is 7.53. The van der Waals surface area contributed by atoms with Crippen molar-refractivity contribution in [1.82, 2.24) is 4.90 Å². The van der Waals surface area contributed by atoms with Crippen LogP contribution < -0.4 is 4.74 Å². The molecular weight excluding hydrogens is 250 g/mol. The molecule has 1 aliphatic rings. The van der Waals surface area contributed by atoms with Crippen LogP contribution in [0.5, 0.6) is 5.75 Å². The van der Waals surface area contributed by atoms with Gasteiger partial charge in [-0.05, 0) is 42.4 Å². The minimum absolute atomic E-state index is 0.286. The molecule has 1 fully saturated rings. The Kier molecular flexibility index (Phi) is 5.05. The summed E-state index contributed by atoms with van der Waals surface area (Å²) in [6, 6.07) is 8.12. The van der Waals surface area contributed by atoms with Crippen molar-refractivity contribution in [3.63, 3.8) is 0 Å². The molecule has 3 heteroatoms. The Balaban J connectivity index is 2.07. The predicted octanol–water partition coefficient (Wildman–Crippen LogP) is 3.45. The van der Waals surface area contributed by atoms with Crippen LogP contribution in [-0.2, 0) is 4.79 Å². The molecule has 1 amide bonds. The Hall–Kier alpha value is -1.51. The van der Waals surface area contributed by atoms with E-state index in [1.165, 1.54) is 5.56 Å². The number of nitrogens with zero attached hydrogens (tertiary/aromatic N) is 1. The summed E-state index contributed by atoms with van der Waals surface area (Å²) in [6.45, 7) is 6.25. The van der Waals surface area contributed by atoms with Gasteiger partial charge in [-0.1, -0.05) is 26.0 Å². The van der Waals surface area contributed by atoms with Crippen molar-refractivity contribution in [3.8, 4) is 5.75 Å². The van der Waals surface area contributed by atoms with Crippen molar-refractivity contribution in [1.29, 1.82) is 0 Å². The number of ether oxygens (including phenoxy) is 1. The summed E-state index contributed by atoms with van der Waals surface area (Å²) in [5.74, 6) is 1.91. The van der Waals surface area contributed by atoms with Crippen molar-refractivity contribution in [2.24, 2.45) is 5.92 Å². The molecule has 0 aromatic heterocycles. The molecule has 1 atom stereocenters. The Morgan fingerprint density at radius 3 is 2.30 bits per heavy atom. The molecule has 110 valence electrons. The quantitative estimate of drug-likeness (QED) is 0.823. The molecule has 0 N–H and O–H groups in total. The highest BCUT2D eigenvalue weighted by molar-refractivity contribution is 5.77. The molecule has 3 nitrogen and oxygen atoms in total. The van der Waals surface area contributed by atoms with E-state index in [0.29, 0.717) is 18.2 Å². The summed E-state index contributed by atoms with van der Waals surface area (Å²) in [7, 11) is 1.67. The second-order valence-corrected chi connectivity index (χ2v) is 5.92. The van der Waals surface area contributed by atoms with Gasteiger partial charge in [0.25, 0.3) is 0 Å². The first kappa shape index (κ1) is 14.9. The molecule has 1 saturated heterocycles. The molecule has 0 spiro atoms. The molecule has 2 rings (SSSR count). The van der Waals surface area contributed by atoms with Crippen LogP contribution in [0, 0.1) is 5.92 Å². The van der Waals surface area contributed by atoms with E-state index in [1.807, 2.05) is 17.0 Å². The zero-order valence-corrected chi connectivity index (χ0v) is 12.8. The average molecular weight is 275 g/mol. The predicted molar refractivity (Wildman–Crippen MR) is 81.0 cm³/mol. The summed E-state index contributed by atoms with van der Waals surface area (Å²) in [4.78, 5) is 14.4. The van der Waals surface area contributed by atoms with Crippen LogP contribution >= 0.6 is 0 Å². The molecule has 1 aromatic carbocycles. The minimum atomic E-state index is 0.286. The molecule has 20 heavy (non-hydrogen) atoms. The Morgan fingerprint density at radius 2 is 1.80 bits per heavy atom. The lowest BCUT2D eigenvalue weighted by Crippen LogP contribution is -2.29. The molecule has 0 aliphatic carbocycles. The molecule has 0 unspecified atom stereocenters. The van der Waals surface area contributed by atoms with Gasteiger partial charge in [0.05, 0.1) is 7.11 Å². The fourth-order valence-electron chi connectivity index (χ4n) is 2.87. The number of amides is 1. The van der Waals surface area contributed by atoms with Crippen LogP contribution in [0.2, 0.25) is 0 Å². The molecule has 1 heterocycles. The van der Waals surface area contributed by atoms with Crippen LogP contribution in [0.1, 0.15) is 44.6 Å². The largest absolute Gasteiger partial charge is 0.497 e. The van der Waals surface area contributed by atoms with Gasteiger partial charge in [-0.25, -0.2) is 0 Å². The normalized spacial score (nSPS) is 16.5. The van der Waals surface area contributed by atoms with E-state index in [0.717, 1.165) is 31.7 Å². The zero-order valence-electron chi connectivity index (χ0n) is 12.8. The first-order valence-electron chi connectivity index (χ1n) is 7.53. The fraction of sp³-hybridized carbons (Fsp3) is 0.588. The third-order valence-corrected chi connectivity index (χ3v) is 4.20. The maximum atomic E-state index is 12.4. The van der Waals surface area contributed by atoms with Gasteiger partial charge < -0.3 is 9.64 Å². The Labute approximate surface area is 121 Å². The molecular formula is C17H25NO2. The maximum Gasteiger partial charge on any atom is 0.223 e. The van der Waals surface area contributed by atoms with Gasteiger partial charge in [-0.15, -0.1) is 0 Å². The topological polar surface area (TPSA) is 29.5 Å². The van der Waals surface area contributed by atoms with E-state index in [9.17, 15) is 4.79 Å². The summed E-state index contributed by atoms with van der Waals surface area (Å²) < 4.78 is 5.20. The lowest BCUT2D eigenvalue weighted by atomic mass is 9.85. The number of benzene rings is 1. The van der Waals surface area contributed by atoms with Crippen LogP contribution in [0.3, 0.4) is 0 Å². The SMILES string of the molecule is COc1ccc([C@@H](CC(=O)N2CCCC2)C(C)C)cc1. The zero-order chi connectivity index (χ0) is 14.5. The number of methoxy groups -OCH3 is 1. The van der Waals surface area contributed by atoms with E-state index in [4.69, 9.17) is 4.74 Å². The summed E-state index contributed by atoms with van der Waals surface area (Å²) in [5, 5.41) is 0. The molecule has 0 bridgehead atoms. The average Bonchev–Trinajstić information content (AvgIpc) is 2.98. The number of carbonyl (C=O) groups excluding carboxylic acids is 1. The third-order valence-electron chi connectivity index (χ3n) is 4.20. The third kappa shape index (κ3) is 3.53. The number of hydrogen-bond donors (Lipinski definition) is 0. The number of carbonyl (C=O) groups is 1. The lowest BCUT2D eigenvalue weighted by molar-refractivity contribution is -0.130. The second-order valence-electron chi connectivity index (χ2n) is 5.92. The van der Waals surface area contributed by atoms with Crippen molar-refractivity contribution in [2.75, 3.05) is 20.2 Å². The summed E-state index contributed by atoms with van der Waals surface area (Å²) >= 11 is 0. The number of rotatable bonds is 5. The van der Waals surface area contributed by atoms with Crippen LogP contribution in [0.4, 0.5) is 0 Å². The van der Waals surface area contributed by atoms with Crippen molar-refractivity contribution < 1.29 is 9.53 Å². The highest BCUT2D eigenvalue weighted by atomic mass is 16.5. The van der Waals surface area contributed by atoms with Crippen LogP contribution in [-0.4, -0.2) is 31.0 Å². The van der Waals surface area contributed by atoms with E-state index in [2.05, 4.69) is 26.0 Å². The monoisotopic (exact) mass is 275 g/mol. The van der Waals surface area contributed by atoms with Crippen molar-refractivity contribution in [3.05, 3.63) is 29.8 Å². The van der Waals surface area contributed by atoms with Crippen LogP contribution in [0.15, 0.2) is 24.3 Å². The molecule has 0 radical (unpaired) electrons. The van der Waals surface area contributed by atoms with Gasteiger partial charge >= 0.3 is 0 Å². The number of likely N-dealkylation sites (tertiary alicyclic amines) is 1. The van der Waals surface area contributed by atoms with Gasteiger partial charge in [-0.2, -0.15) is 0 Å². The van der Waals surface area contributed by atoms with Gasteiger partial charge in [0.15, 0.2) is 0 Å². The Bertz CT molecular complexity index is 433. The lowest BCUT2D eigenvalue weighted by Gasteiger charge is -2.24. The highest BCUT2D eigenvalue weighted by Gasteiger charge is 2.24. The molecule has 1 aromatic rings. The second kappa shape index (κ2) is 6.78. The van der Waals surface area contributed by atoms with Crippen molar-refractivity contribution in [2.45, 2.75) is 39.0 Å². The smallest absolute Gasteiger partial charge is 0.223 e. The first-order chi connectivity index (χ1) is 9.61. The van der Waals surface area contributed by atoms with Crippen LogP contribution in [0.25, 0.3) is 0 Å². The van der Waals surface area contributed by atoms with Gasteiger partial charge in [-0.3, -0.25) is 4.79 Å². The van der Waals surface area contributed by atoms with E-state index in [1.54, 1.807) is 7.11 Å². The van der Waals surface area contributed by atoms with Gasteiger partial charge in [0.2, 0.25) is 5.91 Å². The molecule has 1 aliphatic heterocycles. The molecule has 0 saturated carbocycles. The van der Waals surface area contributed by atoms with Crippen molar-refractivity contribution >= 4 is 5.91 Å². The minimum Gasteiger partial charge on any atom is -0.497 e. The summed E-state index contributed by atoms with van der Waals surface area (Å²) in [6.07, 6.45) is 2.92. The van der Waals surface area contributed by atoms with Gasteiger partial charge in [0, 0.05) is 19.5 Å². The maximum absolute atomic E-state index is 12.4. The van der Waals surface area contributed by atoms with E-state index in [-0.39, 0.29) is 5.92 Å². The van der Waals surface area contributed by atoms with Gasteiger partial charge in [0.1, 0.15) is 5.75 Å². The standard InChI is InChI=1S/C17H25NO2/c1-13(2)16(12-17(19)18-10-4-5-11-18)14-6-8-15(20-3)9-7-14/h6-9,13,16H,4-5,10-12H2,1-3H3/t16-/m0/s1. The van der Waals surface area contributed by atoms with E-state index >= 15 is 0 Å². The fourth-order valence-corrected chi connectivity index (χ4v) is 2.87. The number of hydrogen-bond acceptors (Lipinski definition) is 2. The van der Waals surface area contributed by atoms with E-state index < -0.39 is 0 Å².